The number of amides is 2. The topological polar surface area (TPSA) is 81.1 Å². The van der Waals surface area contributed by atoms with E-state index >= 15 is 0 Å². The first-order valence-electron chi connectivity index (χ1n) is 7.27. The lowest BCUT2D eigenvalue weighted by Gasteiger charge is -2.51. The van der Waals surface area contributed by atoms with Crippen LogP contribution >= 0.6 is 0 Å². The number of likely N-dealkylation sites (tertiary alicyclic amines) is 2. The molecule has 0 bridgehead atoms. The highest BCUT2D eigenvalue weighted by atomic mass is 16.3. The van der Waals surface area contributed by atoms with Gasteiger partial charge in [0.25, 0.3) is 0 Å². The van der Waals surface area contributed by atoms with E-state index in [1.165, 1.54) is 0 Å². The average molecular weight is 284 g/mol. The second-order valence-corrected chi connectivity index (χ2v) is 6.00. The van der Waals surface area contributed by atoms with Gasteiger partial charge in [-0.1, -0.05) is 0 Å². The van der Waals surface area contributed by atoms with Crippen LogP contribution in [0.5, 0.6) is 0 Å². The first-order valence-corrected chi connectivity index (χ1v) is 7.27. The molecule has 0 aromatic heterocycles. The maximum atomic E-state index is 11.6. The van der Waals surface area contributed by atoms with Crippen molar-refractivity contribution in [2.75, 3.05) is 39.4 Å². The molecule has 114 valence electrons. The van der Waals surface area contributed by atoms with Crippen molar-refractivity contribution in [3.63, 3.8) is 0 Å². The van der Waals surface area contributed by atoms with Crippen molar-refractivity contribution in [2.24, 2.45) is 11.3 Å². The van der Waals surface area contributed by atoms with E-state index in [-0.39, 0.29) is 29.8 Å². The molecule has 0 saturated carbocycles. The van der Waals surface area contributed by atoms with Gasteiger partial charge in [-0.3, -0.25) is 9.59 Å². The van der Waals surface area contributed by atoms with Crippen molar-refractivity contribution in [3.05, 3.63) is 0 Å². The van der Waals surface area contributed by atoms with Gasteiger partial charge in [0, 0.05) is 45.6 Å². The second-order valence-electron chi connectivity index (χ2n) is 6.00. The number of carbonyl (C=O) groups excluding carboxylic acids is 2. The first-order chi connectivity index (χ1) is 9.52. The molecule has 0 aliphatic carbocycles. The summed E-state index contributed by atoms with van der Waals surface area (Å²) in [6.45, 7) is 3.79. The third kappa shape index (κ3) is 2.81. The summed E-state index contributed by atoms with van der Waals surface area (Å²) < 4.78 is 0. The fraction of sp³-hybridized carbons (Fsp3) is 0.857. The predicted molar refractivity (Wildman–Crippen MR) is 72.8 cm³/mol. The van der Waals surface area contributed by atoms with E-state index in [2.05, 4.69) is 0 Å². The second kappa shape index (κ2) is 6.10. The number of carbonyl (C=O) groups is 2. The van der Waals surface area contributed by atoms with Gasteiger partial charge >= 0.3 is 0 Å². The molecular formula is C14H24N2O4. The Morgan fingerprint density at radius 3 is 2.10 bits per heavy atom. The molecule has 20 heavy (non-hydrogen) atoms. The van der Waals surface area contributed by atoms with Gasteiger partial charge in [-0.05, 0) is 24.7 Å². The van der Waals surface area contributed by atoms with Gasteiger partial charge < -0.3 is 20.0 Å². The van der Waals surface area contributed by atoms with Crippen LogP contribution in [0.3, 0.4) is 0 Å². The van der Waals surface area contributed by atoms with E-state index in [1.54, 1.807) is 11.8 Å². The Bertz CT molecular complexity index is 377. The molecule has 2 saturated heterocycles. The van der Waals surface area contributed by atoms with Crippen LogP contribution in [-0.2, 0) is 9.59 Å². The van der Waals surface area contributed by atoms with Gasteiger partial charge in [-0.2, -0.15) is 0 Å². The van der Waals surface area contributed by atoms with Crippen molar-refractivity contribution in [2.45, 2.75) is 26.2 Å². The number of rotatable bonds is 2. The SMILES string of the molecule is CC(=O)N1CCC2(CC1)CCN(C(=O)CO)C[C@H]2CO. The summed E-state index contributed by atoms with van der Waals surface area (Å²) in [5.41, 5.74) is 0.0347. The molecule has 6 heteroatoms. The summed E-state index contributed by atoms with van der Waals surface area (Å²) in [6.07, 6.45) is 2.62. The monoisotopic (exact) mass is 284 g/mol. The molecule has 1 atom stereocenters. The molecule has 0 aromatic rings. The van der Waals surface area contributed by atoms with E-state index in [9.17, 15) is 14.7 Å². The maximum absolute atomic E-state index is 11.6. The van der Waals surface area contributed by atoms with Crippen LogP contribution in [0.15, 0.2) is 0 Å². The molecule has 6 nitrogen and oxygen atoms in total. The van der Waals surface area contributed by atoms with Crippen LogP contribution in [-0.4, -0.2) is 71.2 Å². The molecule has 2 fully saturated rings. The third-order valence-electron chi connectivity index (χ3n) is 5.10. The summed E-state index contributed by atoms with van der Waals surface area (Å²) in [6, 6.07) is 0. The maximum Gasteiger partial charge on any atom is 0.248 e. The van der Waals surface area contributed by atoms with E-state index in [1.807, 2.05) is 4.90 Å². The first kappa shape index (κ1) is 15.3. The number of piperidine rings is 2. The Hall–Kier alpha value is -1.14. The number of aliphatic hydroxyl groups excluding tert-OH is 2. The summed E-state index contributed by atoms with van der Waals surface area (Å²) in [5, 5.41) is 18.6. The molecule has 2 amide bonds. The summed E-state index contributed by atoms with van der Waals surface area (Å²) in [7, 11) is 0. The summed E-state index contributed by atoms with van der Waals surface area (Å²) in [4.78, 5) is 26.5. The zero-order valence-electron chi connectivity index (χ0n) is 12.0. The fourth-order valence-corrected chi connectivity index (χ4v) is 3.62. The number of hydrogen-bond donors (Lipinski definition) is 2. The molecule has 2 aliphatic rings. The van der Waals surface area contributed by atoms with Crippen molar-refractivity contribution < 1.29 is 19.8 Å². The Labute approximate surface area is 119 Å². The van der Waals surface area contributed by atoms with Gasteiger partial charge in [0.05, 0.1) is 0 Å². The highest BCUT2D eigenvalue weighted by Crippen LogP contribution is 2.45. The lowest BCUT2D eigenvalue weighted by atomic mass is 9.64. The Kier molecular flexibility index (Phi) is 4.65. The van der Waals surface area contributed by atoms with Gasteiger partial charge in [0.15, 0.2) is 0 Å². The standard InChI is InChI=1S/C14H24N2O4/c1-11(19)15-5-2-14(3-6-15)4-7-16(13(20)10-18)8-12(14)9-17/h12,17-18H,2-10H2,1H3/t12-/m0/s1. The Balaban J connectivity index is 2.02. The zero-order valence-corrected chi connectivity index (χ0v) is 12.0. The highest BCUT2D eigenvalue weighted by Gasteiger charge is 2.45. The van der Waals surface area contributed by atoms with Crippen LogP contribution in [0.2, 0.25) is 0 Å². The number of hydrogen-bond acceptors (Lipinski definition) is 4. The van der Waals surface area contributed by atoms with Gasteiger partial charge in [0.1, 0.15) is 6.61 Å². The largest absolute Gasteiger partial charge is 0.396 e. The highest BCUT2D eigenvalue weighted by molar-refractivity contribution is 5.77. The summed E-state index contributed by atoms with van der Waals surface area (Å²) >= 11 is 0. The van der Waals surface area contributed by atoms with Crippen molar-refractivity contribution in [3.8, 4) is 0 Å². The minimum Gasteiger partial charge on any atom is -0.396 e. The van der Waals surface area contributed by atoms with Crippen molar-refractivity contribution in [1.82, 2.24) is 9.80 Å². The quantitative estimate of drug-likeness (QED) is 0.713. The zero-order chi connectivity index (χ0) is 14.8. The molecule has 2 rings (SSSR count). The number of nitrogens with zero attached hydrogens (tertiary/aromatic N) is 2. The van der Waals surface area contributed by atoms with Crippen LogP contribution < -0.4 is 0 Å². The van der Waals surface area contributed by atoms with Crippen molar-refractivity contribution in [1.29, 1.82) is 0 Å². The minimum absolute atomic E-state index is 0.0347. The van der Waals surface area contributed by atoms with E-state index in [0.717, 1.165) is 32.4 Å². The van der Waals surface area contributed by atoms with Crippen molar-refractivity contribution >= 4 is 11.8 Å². The lowest BCUT2D eigenvalue weighted by Crippen LogP contribution is -2.55. The predicted octanol–water partition coefficient (Wildman–Crippen LogP) is -0.552. The molecule has 0 aromatic carbocycles. The summed E-state index contributed by atoms with van der Waals surface area (Å²) in [5.74, 6) is -0.117. The Morgan fingerprint density at radius 1 is 1.10 bits per heavy atom. The molecular weight excluding hydrogens is 260 g/mol. The average Bonchev–Trinajstić information content (AvgIpc) is 2.47. The number of aliphatic hydroxyl groups is 2. The smallest absolute Gasteiger partial charge is 0.248 e. The Morgan fingerprint density at radius 2 is 1.65 bits per heavy atom. The van der Waals surface area contributed by atoms with E-state index in [4.69, 9.17) is 5.11 Å². The molecule has 2 heterocycles. The van der Waals surface area contributed by atoms with E-state index in [0.29, 0.717) is 13.1 Å². The molecule has 0 unspecified atom stereocenters. The molecule has 0 radical (unpaired) electrons. The molecule has 2 N–H and O–H groups in total. The lowest BCUT2D eigenvalue weighted by molar-refractivity contribution is -0.142. The minimum atomic E-state index is -0.469. The third-order valence-corrected chi connectivity index (χ3v) is 5.10. The van der Waals surface area contributed by atoms with Gasteiger partial charge in [0.2, 0.25) is 11.8 Å². The van der Waals surface area contributed by atoms with Gasteiger partial charge in [-0.25, -0.2) is 0 Å². The van der Waals surface area contributed by atoms with Crippen LogP contribution in [0.1, 0.15) is 26.2 Å². The molecule has 2 aliphatic heterocycles. The molecule has 1 spiro atoms. The fourth-order valence-electron chi connectivity index (χ4n) is 3.62. The normalized spacial score (nSPS) is 25.9. The van der Waals surface area contributed by atoms with Gasteiger partial charge in [-0.15, -0.1) is 0 Å². The van der Waals surface area contributed by atoms with Crippen LogP contribution in [0.4, 0.5) is 0 Å². The van der Waals surface area contributed by atoms with Crippen LogP contribution in [0.25, 0.3) is 0 Å². The van der Waals surface area contributed by atoms with Crippen LogP contribution in [0, 0.1) is 11.3 Å². The van der Waals surface area contributed by atoms with E-state index < -0.39 is 6.61 Å².